The molecule has 0 aliphatic carbocycles. The lowest BCUT2D eigenvalue weighted by atomic mass is 9.98. The van der Waals surface area contributed by atoms with E-state index >= 15 is 0 Å². The topological polar surface area (TPSA) is 59.0 Å². The van der Waals surface area contributed by atoms with E-state index in [2.05, 4.69) is 36.2 Å². The van der Waals surface area contributed by atoms with Crippen LogP contribution in [0.3, 0.4) is 0 Å². The summed E-state index contributed by atoms with van der Waals surface area (Å²) >= 11 is 0. The van der Waals surface area contributed by atoms with Gasteiger partial charge in [0, 0.05) is 11.4 Å². The van der Waals surface area contributed by atoms with Crippen molar-refractivity contribution in [3.8, 4) is 0 Å². The smallest absolute Gasteiger partial charge is 0.261 e. The number of benzene rings is 1. The van der Waals surface area contributed by atoms with Crippen LogP contribution in [0.2, 0.25) is 0 Å². The molecule has 1 aromatic carbocycles. The van der Waals surface area contributed by atoms with Gasteiger partial charge in [-0.3, -0.25) is 4.79 Å². The van der Waals surface area contributed by atoms with Crippen LogP contribution >= 0.6 is 0 Å². The zero-order chi connectivity index (χ0) is 18.8. The number of carbonyl (C=O) groups is 1. The van der Waals surface area contributed by atoms with Gasteiger partial charge in [0.25, 0.3) is 5.91 Å². The number of nitrogens with zero attached hydrogens (tertiary/aromatic N) is 2. The van der Waals surface area contributed by atoms with E-state index in [9.17, 15) is 9.18 Å². The Morgan fingerprint density at radius 1 is 1.35 bits per heavy atom. The number of alkyl halides is 1. The van der Waals surface area contributed by atoms with Gasteiger partial charge < -0.3 is 10.6 Å². The Hall–Kier alpha value is -2.89. The second-order valence-corrected chi connectivity index (χ2v) is 6.54. The van der Waals surface area contributed by atoms with Crippen molar-refractivity contribution in [3.05, 3.63) is 59.9 Å². The standard InChI is InChI=1S/C20H23FN4O/c1-5-12(2)15-6-8-16(9-7-15)24-20(26)17-11-22-25-18(14(4)21)10-13(3)23-19(17)25/h6-12,14,23H,3,5H2,1-2,4H3,(H,24,26). The highest BCUT2D eigenvalue weighted by molar-refractivity contribution is 6.08. The van der Waals surface area contributed by atoms with Crippen molar-refractivity contribution in [1.29, 1.82) is 0 Å². The first-order valence-electron chi connectivity index (χ1n) is 8.72. The molecule has 2 N–H and O–H groups in total. The molecule has 1 aromatic heterocycles. The monoisotopic (exact) mass is 354 g/mol. The van der Waals surface area contributed by atoms with Gasteiger partial charge in [0.15, 0.2) is 0 Å². The largest absolute Gasteiger partial charge is 0.340 e. The fraction of sp³-hybridized carbons (Fsp3) is 0.300. The Labute approximate surface area is 152 Å². The van der Waals surface area contributed by atoms with E-state index in [1.165, 1.54) is 23.4 Å². The molecule has 2 unspecified atom stereocenters. The van der Waals surface area contributed by atoms with E-state index in [1.54, 1.807) is 6.08 Å². The zero-order valence-electron chi connectivity index (χ0n) is 15.2. The normalized spacial score (nSPS) is 15.5. The molecule has 26 heavy (non-hydrogen) atoms. The summed E-state index contributed by atoms with van der Waals surface area (Å²) in [4.78, 5) is 12.7. The number of carbonyl (C=O) groups excluding carboxylic acids is 1. The second kappa shape index (κ2) is 7.15. The van der Waals surface area contributed by atoms with Gasteiger partial charge in [-0.2, -0.15) is 5.10 Å². The Morgan fingerprint density at radius 3 is 2.65 bits per heavy atom. The minimum absolute atomic E-state index is 0.310. The lowest BCUT2D eigenvalue weighted by Crippen LogP contribution is -2.20. The molecule has 3 rings (SSSR count). The first-order chi connectivity index (χ1) is 12.4. The molecule has 0 fully saturated rings. The Bertz CT molecular complexity index is 864. The Balaban J connectivity index is 1.82. The second-order valence-electron chi connectivity index (χ2n) is 6.54. The summed E-state index contributed by atoms with van der Waals surface area (Å²) in [5.74, 6) is 0.590. The summed E-state index contributed by atoms with van der Waals surface area (Å²) in [7, 11) is 0. The minimum atomic E-state index is -1.23. The van der Waals surface area contributed by atoms with Gasteiger partial charge in [-0.05, 0) is 43.0 Å². The third-order valence-corrected chi connectivity index (χ3v) is 4.62. The Morgan fingerprint density at radius 2 is 2.04 bits per heavy atom. The van der Waals surface area contributed by atoms with Crippen LogP contribution in [-0.2, 0) is 0 Å². The summed E-state index contributed by atoms with van der Waals surface area (Å²) < 4.78 is 15.2. The van der Waals surface area contributed by atoms with Gasteiger partial charge in [0.05, 0.1) is 11.9 Å². The van der Waals surface area contributed by atoms with Crippen molar-refractivity contribution in [2.24, 2.45) is 0 Å². The van der Waals surface area contributed by atoms with Crippen molar-refractivity contribution in [2.75, 3.05) is 10.6 Å². The quantitative estimate of drug-likeness (QED) is 0.812. The number of rotatable bonds is 5. The molecule has 1 amide bonds. The predicted octanol–water partition coefficient (Wildman–Crippen LogP) is 4.79. The highest BCUT2D eigenvalue weighted by Gasteiger charge is 2.25. The number of halogens is 1. The van der Waals surface area contributed by atoms with Crippen LogP contribution in [0.15, 0.2) is 48.8 Å². The van der Waals surface area contributed by atoms with Crippen molar-refractivity contribution in [1.82, 2.24) is 9.78 Å². The van der Waals surface area contributed by atoms with Gasteiger partial charge in [-0.25, -0.2) is 9.07 Å². The van der Waals surface area contributed by atoms with Crippen LogP contribution in [-0.4, -0.2) is 21.9 Å². The molecule has 1 aliphatic heterocycles. The molecular formula is C20H23FN4O. The molecule has 5 nitrogen and oxygen atoms in total. The molecule has 1 aliphatic rings. The lowest BCUT2D eigenvalue weighted by Gasteiger charge is -2.20. The summed E-state index contributed by atoms with van der Waals surface area (Å²) in [5.41, 5.74) is 3.14. The number of hydrogen-bond acceptors (Lipinski definition) is 3. The molecule has 2 heterocycles. The maximum atomic E-state index is 13.8. The van der Waals surface area contributed by atoms with Crippen LogP contribution in [0.25, 0.3) is 5.70 Å². The number of nitrogens with one attached hydrogen (secondary N) is 2. The first-order valence-corrected chi connectivity index (χ1v) is 8.72. The van der Waals surface area contributed by atoms with Gasteiger partial charge in [0.2, 0.25) is 0 Å². The number of anilines is 2. The van der Waals surface area contributed by atoms with Gasteiger partial charge >= 0.3 is 0 Å². The number of amides is 1. The predicted molar refractivity (Wildman–Crippen MR) is 103 cm³/mol. The number of allylic oxidation sites excluding steroid dienone is 2. The van der Waals surface area contributed by atoms with Gasteiger partial charge in [-0.15, -0.1) is 0 Å². The summed E-state index contributed by atoms with van der Waals surface area (Å²) in [6.45, 7) is 9.56. The SMILES string of the molecule is C=C1C=C(C(C)F)n2ncc(C(=O)Nc3ccc(C(C)CC)cc3)c2N1. The van der Waals surface area contributed by atoms with Crippen molar-refractivity contribution >= 4 is 23.1 Å². The molecule has 0 bridgehead atoms. The number of hydrogen-bond donors (Lipinski definition) is 2. The lowest BCUT2D eigenvalue weighted by molar-refractivity contribution is 0.102. The van der Waals surface area contributed by atoms with Crippen LogP contribution in [0.4, 0.5) is 15.9 Å². The van der Waals surface area contributed by atoms with Crippen LogP contribution < -0.4 is 10.6 Å². The van der Waals surface area contributed by atoms with E-state index in [4.69, 9.17) is 0 Å². The fourth-order valence-electron chi connectivity index (χ4n) is 2.87. The van der Waals surface area contributed by atoms with Crippen LogP contribution in [0, 0.1) is 0 Å². The molecule has 0 radical (unpaired) electrons. The maximum absolute atomic E-state index is 13.8. The summed E-state index contributed by atoms with van der Waals surface area (Å²) in [5, 5.41) is 10.0. The zero-order valence-corrected chi connectivity index (χ0v) is 15.2. The molecule has 0 saturated heterocycles. The van der Waals surface area contributed by atoms with E-state index in [1.807, 2.05) is 24.3 Å². The van der Waals surface area contributed by atoms with E-state index in [0.717, 1.165) is 6.42 Å². The van der Waals surface area contributed by atoms with Gasteiger partial charge in [-0.1, -0.05) is 32.6 Å². The van der Waals surface area contributed by atoms with Gasteiger partial charge in [0.1, 0.15) is 17.6 Å². The highest BCUT2D eigenvalue weighted by Crippen LogP contribution is 2.29. The molecule has 2 atom stereocenters. The van der Waals surface area contributed by atoms with Crippen LogP contribution in [0.1, 0.15) is 49.0 Å². The molecular weight excluding hydrogens is 331 g/mol. The summed E-state index contributed by atoms with van der Waals surface area (Å²) in [6, 6.07) is 7.80. The fourth-order valence-corrected chi connectivity index (χ4v) is 2.87. The Kier molecular flexibility index (Phi) is 4.93. The van der Waals surface area contributed by atoms with Crippen molar-refractivity contribution in [2.45, 2.75) is 39.3 Å². The third kappa shape index (κ3) is 3.40. The third-order valence-electron chi connectivity index (χ3n) is 4.62. The van der Waals surface area contributed by atoms with E-state index in [-0.39, 0.29) is 5.91 Å². The van der Waals surface area contributed by atoms with Crippen LogP contribution in [0.5, 0.6) is 0 Å². The van der Waals surface area contributed by atoms with Crippen molar-refractivity contribution < 1.29 is 9.18 Å². The molecule has 0 saturated carbocycles. The van der Waals surface area contributed by atoms with Crippen molar-refractivity contribution in [3.63, 3.8) is 0 Å². The highest BCUT2D eigenvalue weighted by atomic mass is 19.1. The average Bonchev–Trinajstić information content (AvgIpc) is 3.04. The summed E-state index contributed by atoms with van der Waals surface area (Å²) in [6.07, 6.45) is 2.85. The van der Waals surface area contributed by atoms with E-state index < -0.39 is 6.17 Å². The molecule has 136 valence electrons. The number of aromatic nitrogens is 2. The average molecular weight is 354 g/mol. The minimum Gasteiger partial charge on any atom is -0.340 e. The van der Waals surface area contributed by atoms with E-state index in [0.29, 0.717) is 34.4 Å². The molecule has 0 spiro atoms. The molecule has 2 aromatic rings. The number of fused-ring (bicyclic) bond motifs is 1. The first kappa shape index (κ1) is 17.9. The molecule has 6 heteroatoms. The maximum Gasteiger partial charge on any atom is 0.261 e.